The molecular formula is C8H12N4. The van der Waals surface area contributed by atoms with Crippen molar-refractivity contribution in [1.82, 2.24) is 10.6 Å². The van der Waals surface area contributed by atoms with Gasteiger partial charge < -0.3 is 10.6 Å². The minimum absolute atomic E-state index is 0.719. The van der Waals surface area contributed by atoms with E-state index in [1.807, 2.05) is 20.0 Å². The van der Waals surface area contributed by atoms with Crippen LogP contribution in [0.2, 0.25) is 0 Å². The summed E-state index contributed by atoms with van der Waals surface area (Å²) in [7, 11) is 1.86. The smallest absolute Gasteiger partial charge is 0.140 e. The molecule has 0 fully saturated rings. The highest BCUT2D eigenvalue weighted by atomic mass is 15.0. The minimum Gasteiger partial charge on any atom is -0.391 e. The van der Waals surface area contributed by atoms with E-state index in [9.17, 15) is 0 Å². The number of aliphatic imine (C=N–C) groups is 1. The van der Waals surface area contributed by atoms with Gasteiger partial charge in [-0.05, 0) is 13.0 Å². The first kappa shape index (κ1) is 8.52. The Labute approximate surface area is 71.6 Å². The number of allylic oxidation sites excluding steroid dienone is 1. The normalized spacial score (nSPS) is 22.3. The second kappa shape index (κ2) is 3.71. The van der Waals surface area contributed by atoms with E-state index in [0.29, 0.717) is 0 Å². The second-order valence-electron chi connectivity index (χ2n) is 2.37. The fourth-order valence-corrected chi connectivity index (χ4v) is 0.969. The summed E-state index contributed by atoms with van der Waals surface area (Å²) in [5.74, 6) is 0.719. The number of hydrogen-bond acceptors (Lipinski definition) is 2. The molecule has 12 heavy (non-hydrogen) atoms. The molecule has 0 aliphatic carbocycles. The molecule has 4 heteroatoms. The van der Waals surface area contributed by atoms with Crippen LogP contribution in [0.5, 0.6) is 0 Å². The minimum atomic E-state index is 0.719. The molecule has 0 aromatic rings. The number of nitrogens with zero attached hydrogens (tertiary/aromatic N) is 1. The molecule has 0 radical (unpaired) electrons. The van der Waals surface area contributed by atoms with E-state index in [2.05, 4.69) is 15.6 Å². The first-order chi connectivity index (χ1) is 5.79. The van der Waals surface area contributed by atoms with Gasteiger partial charge in [0.15, 0.2) is 0 Å². The molecule has 3 N–H and O–H groups in total. The first-order valence-corrected chi connectivity index (χ1v) is 3.68. The van der Waals surface area contributed by atoms with Gasteiger partial charge in [0.1, 0.15) is 12.2 Å². The van der Waals surface area contributed by atoms with Crippen LogP contribution in [0.3, 0.4) is 0 Å². The monoisotopic (exact) mass is 164 g/mol. The lowest BCUT2D eigenvalue weighted by molar-refractivity contribution is 0.982. The molecule has 0 atom stereocenters. The molecule has 0 amide bonds. The summed E-state index contributed by atoms with van der Waals surface area (Å²) in [4.78, 5) is 3.86. The standard InChI is InChI=1S/C8H12N4/c1-6(10-2)7-3-4-11-8(7)12-5-9/h3-5,10H,1-2H3,(H2,9,11,12)/b7-6+. The fraction of sp³-hybridized carbons (Fsp3) is 0.250. The van der Waals surface area contributed by atoms with E-state index in [1.54, 1.807) is 6.20 Å². The molecule has 0 saturated heterocycles. The van der Waals surface area contributed by atoms with Crippen molar-refractivity contribution in [1.29, 1.82) is 5.41 Å². The zero-order valence-corrected chi connectivity index (χ0v) is 7.18. The van der Waals surface area contributed by atoms with Gasteiger partial charge in [-0.15, -0.1) is 0 Å². The van der Waals surface area contributed by atoms with Crippen molar-refractivity contribution < 1.29 is 0 Å². The third-order valence-corrected chi connectivity index (χ3v) is 1.70. The average Bonchev–Trinajstić information content (AvgIpc) is 2.52. The molecule has 0 unspecified atom stereocenters. The Morgan fingerprint density at radius 3 is 3.08 bits per heavy atom. The van der Waals surface area contributed by atoms with Crippen LogP contribution < -0.4 is 10.6 Å². The van der Waals surface area contributed by atoms with Crippen LogP contribution >= 0.6 is 0 Å². The van der Waals surface area contributed by atoms with Crippen LogP contribution in [-0.4, -0.2) is 19.2 Å². The van der Waals surface area contributed by atoms with Crippen LogP contribution in [-0.2, 0) is 0 Å². The number of rotatable bonds is 2. The fourth-order valence-electron chi connectivity index (χ4n) is 0.969. The van der Waals surface area contributed by atoms with E-state index in [0.717, 1.165) is 23.4 Å². The van der Waals surface area contributed by atoms with Gasteiger partial charge in [0.25, 0.3) is 0 Å². The van der Waals surface area contributed by atoms with Crippen molar-refractivity contribution in [3.63, 3.8) is 0 Å². The predicted molar refractivity (Wildman–Crippen MR) is 50.3 cm³/mol. The van der Waals surface area contributed by atoms with Crippen molar-refractivity contribution in [3.8, 4) is 0 Å². The third-order valence-electron chi connectivity index (χ3n) is 1.70. The second-order valence-corrected chi connectivity index (χ2v) is 2.37. The lowest BCUT2D eigenvalue weighted by Gasteiger charge is -2.04. The quantitative estimate of drug-likeness (QED) is 0.413. The summed E-state index contributed by atoms with van der Waals surface area (Å²) >= 11 is 0. The summed E-state index contributed by atoms with van der Waals surface area (Å²) in [6.07, 6.45) is 4.75. The van der Waals surface area contributed by atoms with Gasteiger partial charge in [0.2, 0.25) is 0 Å². The molecule has 1 aliphatic rings. The first-order valence-electron chi connectivity index (χ1n) is 3.68. The molecule has 1 heterocycles. The lowest BCUT2D eigenvalue weighted by atomic mass is 10.2. The van der Waals surface area contributed by atoms with Crippen LogP contribution in [0.1, 0.15) is 6.92 Å². The van der Waals surface area contributed by atoms with Crippen molar-refractivity contribution in [2.45, 2.75) is 6.92 Å². The molecule has 0 bridgehead atoms. The van der Waals surface area contributed by atoms with Crippen LogP contribution in [0.15, 0.2) is 28.5 Å². The summed E-state index contributed by atoms with van der Waals surface area (Å²) in [5, 5.41) is 12.8. The van der Waals surface area contributed by atoms with Gasteiger partial charge >= 0.3 is 0 Å². The zero-order valence-electron chi connectivity index (χ0n) is 7.18. The van der Waals surface area contributed by atoms with Crippen LogP contribution in [0, 0.1) is 5.41 Å². The van der Waals surface area contributed by atoms with Gasteiger partial charge in [-0.1, -0.05) is 0 Å². The summed E-state index contributed by atoms with van der Waals surface area (Å²) < 4.78 is 0. The van der Waals surface area contributed by atoms with Crippen molar-refractivity contribution in [2.24, 2.45) is 4.99 Å². The maximum absolute atomic E-state index is 6.83. The Morgan fingerprint density at radius 2 is 2.50 bits per heavy atom. The van der Waals surface area contributed by atoms with Gasteiger partial charge in [-0.2, -0.15) is 0 Å². The van der Waals surface area contributed by atoms with Crippen molar-refractivity contribution >= 4 is 12.2 Å². The Bertz CT molecular complexity index is 273. The van der Waals surface area contributed by atoms with Crippen molar-refractivity contribution in [3.05, 3.63) is 23.5 Å². The molecule has 0 spiro atoms. The third kappa shape index (κ3) is 1.53. The van der Waals surface area contributed by atoms with Gasteiger partial charge in [-0.25, -0.2) is 4.99 Å². The number of hydrogen-bond donors (Lipinski definition) is 3. The number of nitrogens with one attached hydrogen (secondary N) is 3. The zero-order chi connectivity index (χ0) is 8.97. The largest absolute Gasteiger partial charge is 0.391 e. The molecule has 4 nitrogen and oxygen atoms in total. The predicted octanol–water partition coefficient (Wildman–Crippen LogP) is 0.602. The van der Waals surface area contributed by atoms with Crippen LogP contribution in [0.25, 0.3) is 0 Å². The summed E-state index contributed by atoms with van der Waals surface area (Å²) in [5.41, 5.74) is 2.04. The average molecular weight is 164 g/mol. The summed E-state index contributed by atoms with van der Waals surface area (Å²) in [6.45, 7) is 1.96. The molecule has 64 valence electrons. The van der Waals surface area contributed by atoms with E-state index >= 15 is 0 Å². The SMILES string of the molecule is CN/C(C)=C1\C=CN\C1=N\C=N. The van der Waals surface area contributed by atoms with E-state index in [4.69, 9.17) is 5.41 Å². The highest BCUT2D eigenvalue weighted by Gasteiger charge is 2.10. The Morgan fingerprint density at radius 1 is 1.75 bits per heavy atom. The topological polar surface area (TPSA) is 60.3 Å². The van der Waals surface area contributed by atoms with Crippen molar-refractivity contribution in [2.75, 3.05) is 7.05 Å². The molecular weight excluding hydrogens is 152 g/mol. The van der Waals surface area contributed by atoms with E-state index < -0.39 is 0 Å². The maximum atomic E-state index is 6.83. The lowest BCUT2D eigenvalue weighted by Crippen LogP contribution is -2.17. The highest BCUT2D eigenvalue weighted by molar-refractivity contribution is 6.07. The molecule has 1 aliphatic heterocycles. The molecule has 0 saturated carbocycles. The van der Waals surface area contributed by atoms with Gasteiger partial charge in [-0.3, -0.25) is 5.41 Å². The maximum Gasteiger partial charge on any atom is 0.140 e. The van der Waals surface area contributed by atoms with E-state index in [-0.39, 0.29) is 0 Å². The Kier molecular flexibility index (Phi) is 2.63. The molecule has 1 rings (SSSR count). The van der Waals surface area contributed by atoms with E-state index in [1.165, 1.54) is 0 Å². The highest BCUT2D eigenvalue weighted by Crippen LogP contribution is 2.08. The summed E-state index contributed by atoms with van der Waals surface area (Å²) in [6, 6.07) is 0. The Balaban J connectivity index is 2.97. The molecule has 0 aromatic carbocycles. The number of amidine groups is 1. The van der Waals surface area contributed by atoms with Gasteiger partial charge in [0, 0.05) is 24.5 Å². The Hall–Kier alpha value is -1.58. The van der Waals surface area contributed by atoms with Crippen LogP contribution in [0.4, 0.5) is 0 Å². The van der Waals surface area contributed by atoms with Gasteiger partial charge in [0.05, 0.1) is 0 Å². The molecule has 0 aromatic heterocycles.